The van der Waals surface area contributed by atoms with E-state index in [1.54, 1.807) is 13.8 Å². The predicted octanol–water partition coefficient (Wildman–Crippen LogP) is 3.37. The molecule has 4 nitrogen and oxygen atoms in total. The molecular weight excluding hydrogens is 251 g/mol. The van der Waals surface area contributed by atoms with Crippen LogP contribution < -0.4 is 0 Å². The SMILES string of the molecule is CCOP(=O)(OCC)C(O)C(C)c1ccccc1. The van der Waals surface area contributed by atoms with E-state index >= 15 is 0 Å². The molecule has 0 aromatic heterocycles. The van der Waals surface area contributed by atoms with Gasteiger partial charge in [0, 0.05) is 5.92 Å². The minimum atomic E-state index is -3.48. The van der Waals surface area contributed by atoms with Crippen LogP contribution in [0, 0.1) is 0 Å². The van der Waals surface area contributed by atoms with Crippen molar-refractivity contribution in [2.24, 2.45) is 0 Å². The van der Waals surface area contributed by atoms with Crippen LogP contribution in [0.5, 0.6) is 0 Å². The van der Waals surface area contributed by atoms with Crippen LogP contribution in [0.15, 0.2) is 30.3 Å². The van der Waals surface area contributed by atoms with E-state index in [9.17, 15) is 9.67 Å². The van der Waals surface area contributed by atoms with Crippen LogP contribution in [-0.4, -0.2) is 24.2 Å². The maximum absolute atomic E-state index is 12.4. The number of hydrogen-bond acceptors (Lipinski definition) is 4. The fourth-order valence-corrected chi connectivity index (χ4v) is 3.57. The van der Waals surface area contributed by atoms with Crippen molar-refractivity contribution in [1.29, 1.82) is 0 Å². The first kappa shape index (κ1) is 15.4. The van der Waals surface area contributed by atoms with E-state index in [4.69, 9.17) is 9.05 Å². The van der Waals surface area contributed by atoms with E-state index in [0.29, 0.717) is 0 Å². The van der Waals surface area contributed by atoms with Gasteiger partial charge in [0.25, 0.3) is 0 Å². The molecule has 5 heteroatoms. The minimum Gasteiger partial charge on any atom is -0.380 e. The molecule has 0 fully saturated rings. The average Bonchev–Trinajstić information content (AvgIpc) is 2.38. The summed E-state index contributed by atoms with van der Waals surface area (Å²) in [6.07, 6.45) is 0. The van der Waals surface area contributed by atoms with Gasteiger partial charge in [-0.05, 0) is 19.4 Å². The van der Waals surface area contributed by atoms with Crippen molar-refractivity contribution in [3.05, 3.63) is 35.9 Å². The third-order valence-corrected chi connectivity index (χ3v) is 5.05. The summed E-state index contributed by atoms with van der Waals surface area (Å²) in [7, 11) is -3.48. The summed E-state index contributed by atoms with van der Waals surface area (Å²) in [4.78, 5) is 0. The Hall–Kier alpha value is -0.670. The highest BCUT2D eigenvalue weighted by Gasteiger charge is 2.38. The first-order valence-electron chi connectivity index (χ1n) is 6.17. The zero-order valence-electron chi connectivity index (χ0n) is 11.1. The van der Waals surface area contributed by atoms with Crippen molar-refractivity contribution in [2.45, 2.75) is 32.5 Å². The molecule has 0 saturated carbocycles. The Balaban J connectivity index is 2.89. The highest BCUT2D eigenvalue weighted by Crippen LogP contribution is 2.55. The number of hydrogen-bond donors (Lipinski definition) is 1. The number of aliphatic hydroxyl groups is 1. The molecule has 0 bridgehead atoms. The number of benzene rings is 1. The van der Waals surface area contributed by atoms with Gasteiger partial charge in [-0.25, -0.2) is 0 Å². The normalized spacial score (nSPS) is 15.3. The number of rotatable bonds is 7. The quantitative estimate of drug-likeness (QED) is 0.773. The maximum atomic E-state index is 12.4. The van der Waals surface area contributed by atoms with Crippen molar-refractivity contribution in [3.63, 3.8) is 0 Å². The molecule has 1 rings (SSSR count). The molecule has 2 atom stereocenters. The van der Waals surface area contributed by atoms with Crippen molar-refractivity contribution in [2.75, 3.05) is 13.2 Å². The Morgan fingerprint density at radius 3 is 2.11 bits per heavy atom. The number of aliphatic hydroxyl groups excluding tert-OH is 1. The van der Waals surface area contributed by atoms with E-state index in [-0.39, 0.29) is 19.1 Å². The summed E-state index contributed by atoms with van der Waals surface area (Å²) < 4.78 is 22.7. The lowest BCUT2D eigenvalue weighted by Crippen LogP contribution is -2.19. The van der Waals surface area contributed by atoms with Crippen molar-refractivity contribution in [3.8, 4) is 0 Å². The summed E-state index contributed by atoms with van der Waals surface area (Å²) in [6, 6.07) is 9.43. The van der Waals surface area contributed by atoms with Gasteiger partial charge in [0.05, 0.1) is 13.2 Å². The van der Waals surface area contributed by atoms with Crippen molar-refractivity contribution >= 4 is 7.60 Å². The summed E-state index contributed by atoms with van der Waals surface area (Å²) in [5, 5.41) is 10.2. The van der Waals surface area contributed by atoms with Crippen molar-refractivity contribution < 1.29 is 18.7 Å². The van der Waals surface area contributed by atoms with Crippen LogP contribution in [0.1, 0.15) is 32.3 Å². The fraction of sp³-hybridized carbons (Fsp3) is 0.538. The Labute approximate surface area is 108 Å². The first-order chi connectivity index (χ1) is 8.55. The van der Waals surface area contributed by atoms with Crippen molar-refractivity contribution in [1.82, 2.24) is 0 Å². The van der Waals surface area contributed by atoms with Crippen LogP contribution in [0.25, 0.3) is 0 Å². The van der Waals surface area contributed by atoms with Gasteiger partial charge in [-0.1, -0.05) is 37.3 Å². The van der Waals surface area contributed by atoms with Crippen LogP contribution >= 0.6 is 7.60 Å². The largest absolute Gasteiger partial charge is 0.380 e. The van der Waals surface area contributed by atoms with E-state index in [1.165, 1.54) is 0 Å². The monoisotopic (exact) mass is 272 g/mol. The Morgan fingerprint density at radius 1 is 1.17 bits per heavy atom. The maximum Gasteiger partial charge on any atom is 0.359 e. The molecule has 18 heavy (non-hydrogen) atoms. The molecule has 1 N–H and O–H groups in total. The Morgan fingerprint density at radius 2 is 1.67 bits per heavy atom. The van der Waals surface area contributed by atoms with E-state index in [1.807, 2.05) is 37.3 Å². The zero-order chi connectivity index (χ0) is 13.6. The van der Waals surface area contributed by atoms with E-state index in [2.05, 4.69) is 0 Å². The molecule has 0 heterocycles. The second kappa shape index (κ2) is 7.05. The average molecular weight is 272 g/mol. The Bertz CT molecular complexity index is 383. The zero-order valence-corrected chi connectivity index (χ0v) is 12.0. The molecule has 1 aromatic carbocycles. The molecular formula is C13H21O4P. The smallest absolute Gasteiger partial charge is 0.359 e. The van der Waals surface area contributed by atoms with Gasteiger partial charge in [0.1, 0.15) is 0 Å². The van der Waals surface area contributed by atoms with Gasteiger partial charge in [-0.2, -0.15) is 0 Å². The molecule has 0 saturated heterocycles. The summed E-state index contributed by atoms with van der Waals surface area (Å²) in [6.45, 7) is 5.76. The van der Waals surface area contributed by atoms with Gasteiger partial charge < -0.3 is 14.2 Å². The lowest BCUT2D eigenvalue weighted by molar-refractivity contribution is 0.136. The predicted molar refractivity (Wildman–Crippen MR) is 71.7 cm³/mol. The highest BCUT2D eigenvalue weighted by molar-refractivity contribution is 7.54. The molecule has 0 aliphatic rings. The standard InChI is InChI=1S/C13H21O4P/c1-4-16-18(15,17-5-2)13(14)11(3)12-9-7-6-8-10-12/h6-11,13-14H,4-5H2,1-3H3. The molecule has 0 aliphatic heterocycles. The molecule has 102 valence electrons. The van der Waals surface area contributed by atoms with Gasteiger partial charge in [-0.3, -0.25) is 4.57 Å². The highest BCUT2D eigenvalue weighted by atomic mass is 31.2. The minimum absolute atomic E-state index is 0.246. The second-order valence-corrected chi connectivity index (χ2v) is 6.11. The third kappa shape index (κ3) is 3.66. The summed E-state index contributed by atoms with van der Waals surface area (Å²) in [5.41, 5.74) is 0.907. The van der Waals surface area contributed by atoms with Gasteiger partial charge in [0.2, 0.25) is 0 Å². The molecule has 0 amide bonds. The van der Waals surface area contributed by atoms with E-state index in [0.717, 1.165) is 5.56 Å². The van der Waals surface area contributed by atoms with E-state index < -0.39 is 13.4 Å². The van der Waals surface area contributed by atoms with Crippen LogP contribution in [0.3, 0.4) is 0 Å². The van der Waals surface area contributed by atoms with Gasteiger partial charge in [-0.15, -0.1) is 0 Å². The Kier molecular flexibility index (Phi) is 6.03. The summed E-state index contributed by atoms with van der Waals surface area (Å²) >= 11 is 0. The molecule has 0 spiro atoms. The second-order valence-electron chi connectivity index (χ2n) is 3.99. The first-order valence-corrected chi connectivity index (χ1v) is 7.78. The van der Waals surface area contributed by atoms with Crippen LogP contribution in [-0.2, 0) is 13.6 Å². The molecule has 0 aliphatic carbocycles. The third-order valence-electron chi connectivity index (χ3n) is 2.71. The lowest BCUT2D eigenvalue weighted by Gasteiger charge is -2.26. The topological polar surface area (TPSA) is 55.8 Å². The van der Waals surface area contributed by atoms with Crippen LogP contribution in [0.2, 0.25) is 0 Å². The molecule has 0 radical (unpaired) electrons. The van der Waals surface area contributed by atoms with Gasteiger partial charge in [0.15, 0.2) is 5.85 Å². The van der Waals surface area contributed by atoms with Gasteiger partial charge >= 0.3 is 7.60 Å². The lowest BCUT2D eigenvalue weighted by atomic mass is 10.0. The molecule has 2 unspecified atom stereocenters. The fourth-order valence-electron chi connectivity index (χ4n) is 1.75. The molecule has 1 aromatic rings. The summed E-state index contributed by atoms with van der Waals surface area (Å²) in [5.74, 6) is -1.46. The van der Waals surface area contributed by atoms with Crippen LogP contribution in [0.4, 0.5) is 0 Å².